The molecule has 2 amide bonds. The molecular formula is C28H36FN5O3. The Hall–Kier alpha value is -3.04. The summed E-state index contributed by atoms with van der Waals surface area (Å²) in [4.78, 5) is 45.0. The van der Waals surface area contributed by atoms with Crippen molar-refractivity contribution in [2.45, 2.75) is 76.5 Å². The number of hydrogen-bond donors (Lipinski definition) is 4. The second-order valence-corrected chi connectivity index (χ2v) is 10.7. The van der Waals surface area contributed by atoms with Crippen molar-refractivity contribution in [2.75, 3.05) is 13.6 Å². The molecule has 0 bridgehead atoms. The van der Waals surface area contributed by atoms with Crippen LogP contribution in [0.15, 0.2) is 30.1 Å². The molecule has 37 heavy (non-hydrogen) atoms. The van der Waals surface area contributed by atoms with Crippen LogP contribution in [0.1, 0.15) is 57.9 Å². The van der Waals surface area contributed by atoms with Crippen LogP contribution in [0.2, 0.25) is 0 Å². The summed E-state index contributed by atoms with van der Waals surface area (Å²) in [6.07, 6.45) is 7.23. The van der Waals surface area contributed by atoms with Gasteiger partial charge in [-0.15, -0.1) is 0 Å². The number of benzene rings is 1. The van der Waals surface area contributed by atoms with Gasteiger partial charge in [-0.1, -0.05) is 19.3 Å². The summed E-state index contributed by atoms with van der Waals surface area (Å²) in [6, 6.07) is 2.75. The molecule has 1 aromatic carbocycles. The Balaban J connectivity index is 1.57. The lowest BCUT2D eigenvalue weighted by Crippen LogP contribution is -2.57. The fourth-order valence-electron chi connectivity index (χ4n) is 6.24. The van der Waals surface area contributed by atoms with Crippen molar-refractivity contribution in [3.05, 3.63) is 41.5 Å². The number of amides is 2. The number of Topliss-reactive ketones (excluding diaryl/α,β-unsaturated/α-hetero) is 1. The van der Waals surface area contributed by atoms with Crippen LogP contribution in [-0.4, -0.2) is 65.2 Å². The zero-order valence-electron chi connectivity index (χ0n) is 21.7. The highest BCUT2D eigenvalue weighted by molar-refractivity contribution is 5.99. The minimum absolute atomic E-state index is 0.0235. The number of nitrogens with zero attached hydrogens (tertiary/aromatic N) is 1. The Morgan fingerprint density at radius 2 is 1.92 bits per heavy atom. The van der Waals surface area contributed by atoms with Gasteiger partial charge < -0.3 is 25.8 Å². The van der Waals surface area contributed by atoms with E-state index in [1.54, 1.807) is 24.9 Å². The topological polar surface area (TPSA) is 106 Å². The van der Waals surface area contributed by atoms with Crippen LogP contribution in [0.3, 0.4) is 0 Å². The number of nitrogens with one attached hydrogen (secondary N) is 4. The van der Waals surface area contributed by atoms with E-state index in [1.165, 1.54) is 19.1 Å². The van der Waals surface area contributed by atoms with Gasteiger partial charge in [0, 0.05) is 34.9 Å². The molecule has 2 fully saturated rings. The zero-order chi connectivity index (χ0) is 26.3. The standard InChI is InChI=1S/C28H36FN5O3/c1-15(30-3)27(36)33-25(17-7-5-4-6-8-17)28(37)34-24(16(2)35)12-23-26(34)21(14-32-23)20-13-31-22-11-18(29)9-10-19(20)22/h9-11,13,15,17,23-25,30-32H,4-8,12,14H2,1-3H3,(H,33,36). The van der Waals surface area contributed by atoms with Crippen LogP contribution in [-0.2, 0) is 14.4 Å². The lowest BCUT2D eigenvalue weighted by molar-refractivity contribution is -0.140. The number of rotatable bonds is 7. The largest absolute Gasteiger partial charge is 0.360 e. The molecule has 4 N–H and O–H groups in total. The van der Waals surface area contributed by atoms with Crippen molar-refractivity contribution in [1.82, 2.24) is 25.8 Å². The SMILES string of the molecule is CNC(C)C(=O)NC(C(=O)N1C2=C(c3c[nH]c4cc(F)ccc34)CNC2CC1C(C)=O)C1CCCCC1. The predicted octanol–water partition coefficient (Wildman–Crippen LogP) is 2.85. The van der Waals surface area contributed by atoms with Gasteiger partial charge in [0.05, 0.1) is 18.1 Å². The molecule has 3 heterocycles. The van der Waals surface area contributed by atoms with Crippen LogP contribution in [0, 0.1) is 11.7 Å². The molecule has 9 heteroatoms. The molecule has 3 aliphatic rings. The summed E-state index contributed by atoms with van der Waals surface area (Å²) in [6.45, 7) is 3.83. The Morgan fingerprint density at radius 3 is 2.62 bits per heavy atom. The molecule has 2 aliphatic heterocycles. The number of hydrogen-bond acceptors (Lipinski definition) is 5. The monoisotopic (exact) mass is 509 g/mol. The number of likely N-dealkylation sites (N-methyl/N-ethyl adjacent to an activating group) is 1. The lowest BCUT2D eigenvalue weighted by atomic mass is 9.83. The normalized spacial score (nSPS) is 23.8. The number of ketones is 1. The Labute approximate surface area is 216 Å². The molecule has 1 aliphatic carbocycles. The first-order chi connectivity index (χ1) is 17.8. The van der Waals surface area contributed by atoms with E-state index in [9.17, 15) is 18.8 Å². The molecule has 8 nitrogen and oxygen atoms in total. The molecule has 4 unspecified atom stereocenters. The average molecular weight is 510 g/mol. The summed E-state index contributed by atoms with van der Waals surface area (Å²) in [7, 11) is 1.72. The summed E-state index contributed by atoms with van der Waals surface area (Å²) in [5.41, 5.74) is 3.30. The van der Waals surface area contributed by atoms with Crippen molar-refractivity contribution in [3.8, 4) is 0 Å². The number of H-pyrrole nitrogens is 1. The minimum atomic E-state index is -0.699. The van der Waals surface area contributed by atoms with E-state index < -0.39 is 18.1 Å². The minimum Gasteiger partial charge on any atom is -0.360 e. The Bertz CT molecular complexity index is 1250. The molecule has 1 saturated carbocycles. The van der Waals surface area contributed by atoms with Gasteiger partial charge in [0.15, 0.2) is 5.78 Å². The van der Waals surface area contributed by atoms with Crippen LogP contribution in [0.25, 0.3) is 16.5 Å². The van der Waals surface area contributed by atoms with E-state index in [0.717, 1.165) is 54.3 Å². The van der Waals surface area contributed by atoms with Gasteiger partial charge in [0.2, 0.25) is 11.8 Å². The second kappa shape index (κ2) is 10.4. The third-order valence-corrected chi connectivity index (χ3v) is 8.38. The summed E-state index contributed by atoms with van der Waals surface area (Å²) < 4.78 is 13.8. The average Bonchev–Trinajstić information content (AvgIpc) is 3.59. The predicted molar refractivity (Wildman–Crippen MR) is 140 cm³/mol. The molecule has 0 spiro atoms. The van der Waals surface area contributed by atoms with Gasteiger partial charge in [-0.05, 0) is 69.8 Å². The number of likely N-dealkylation sites (tertiary alicyclic amines) is 1. The molecule has 0 radical (unpaired) electrons. The third kappa shape index (κ3) is 4.70. The highest BCUT2D eigenvalue weighted by Gasteiger charge is 2.49. The van der Waals surface area contributed by atoms with Crippen LogP contribution < -0.4 is 16.0 Å². The van der Waals surface area contributed by atoms with Crippen molar-refractivity contribution < 1.29 is 18.8 Å². The molecule has 2 aromatic rings. The molecule has 198 valence electrons. The van der Waals surface area contributed by atoms with Gasteiger partial charge in [-0.3, -0.25) is 14.4 Å². The highest BCUT2D eigenvalue weighted by atomic mass is 19.1. The zero-order valence-corrected chi connectivity index (χ0v) is 21.7. The second-order valence-electron chi connectivity index (χ2n) is 10.7. The van der Waals surface area contributed by atoms with E-state index in [2.05, 4.69) is 20.9 Å². The van der Waals surface area contributed by atoms with Crippen molar-refractivity contribution in [2.24, 2.45) is 5.92 Å². The first-order valence-electron chi connectivity index (χ1n) is 13.3. The maximum Gasteiger partial charge on any atom is 0.250 e. The van der Waals surface area contributed by atoms with Crippen molar-refractivity contribution in [3.63, 3.8) is 0 Å². The van der Waals surface area contributed by atoms with Gasteiger partial charge in [0.1, 0.15) is 11.9 Å². The first kappa shape index (κ1) is 25.6. The third-order valence-electron chi connectivity index (χ3n) is 8.38. The van der Waals surface area contributed by atoms with E-state index in [-0.39, 0.29) is 35.4 Å². The van der Waals surface area contributed by atoms with E-state index in [1.807, 2.05) is 6.20 Å². The van der Waals surface area contributed by atoms with E-state index in [4.69, 9.17) is 0 Å². The maximum atomic E-state index is 14.4. The Morgan fingerprint density at radius 1 is 1.16 bits per heavy atom. The van der Waals surface area contributed by atoms with Gasteiger partial charge >= 0.3 is 0 Å². The van der Waals surface area contributed by atoms with Gasteiger partial charge in [0.25, 0.3) is 0 Å². The summed E-state index contributed by atoms with van der Waals surface area (Å²) in [5.74, 6) is -0.811. The molecule has 4 atom stereocenters. The van der Waals surface area contributed by atoms with Crippen molar-refractivity contribution >= 4 is 34.1 Å². The Kier molecular flexibility index (Phi) is 7.18. The molecule has 5 rings (SSSR count). The van der Waals surface area contributed by atoms with Crippen LogP contribution in [0.5, 0.6) is 0 Å². The van der Waals surface area contributed by atoms with E-state index >= 15 is 0 Å². The summed E-state index contributed by atoms with van der Waals surface area (Å²) >= 11 is 0. The van der Waals surface area contributed by atoms with Crippen LogP contribution in [0.4, 0.5) is 4.39 Å². The van der Waals surface area contributed by atoms with Crippen molar-refractivity contribution in [1.29, 1.82) is 0 Å². The summed E-state index contributed by atoms with van der Waals surface area (Å²) in [5, 5.41) is 10.3. The maximum absolute atomic E-state index is 14.4. The number of fused-ring (bicyclic) bond motifs is 2. The van der Waals surface area contributed by atoms with E-state index in [0.29, 0.717) is 18.5 Å². The quantitative estimate of drug-likeness (QED) is 0.459. The van der Waals surface area contributed by atoms with Gasteiger partial charge in [-0.25, -0.2) is 4.39 Å². The first-order valence-corrected chi connectivity index (χ1v) is 13.3. The van der Waals surface area contributed by atoms with Crippen LogP contribution >= 0.6 is 0 Å². The number of halogens is 1. The molecular weight excluding hydrogens is 473 g/mol. The fraction of sp³-hybridized carbons (Fsp3) is 0.536. The number of aromatic nitrogens is 1. The fourth-order valence-corrected chi connectivity index (χ4v) is 6.24. The lowest BCUT2D eigenvalue weighted by Gasteiger charge is -2.35. The number of carbonyl (C=O) groups excluding carboxylic acids is 3. The number of carbonyl (C=O) groups is 3. The molecule has 1 saturated heterocycles. The highest BCUT2D eigenvalue weighted by Crippen LogP contribution is 2.41. The number of aromatic amines is 1. The smallest absolute Gasteiger partial charge is 0.250 e. The molecule has 1 aromatic heterocycles. The van der Waals surface area contributed by atoms with Gasteiger partial charge in [-0.2, -0.15) is 0 Å².